The fourth-order valence-corrected chi connectivity index (χ4v) is 3.63. The van der Waals surface area contributed by atoms with E-state index in [1.807, 2.05) is 12.4 Å². The molecule has 2 fully saturated rings. The molecule has 2 aromatic rings. The van der Waals surface area contributed by atoms with Crippen molar-refractivity contribution < 1.29 is 0 Å². The molecule has 0 atom stereocenters. The van der Waals surface area contributed by atoms with Crippen LogP contribution >= 0.6 is 0 Å². The maximum absolute atomic E-state index is 4.58. The summed E-state index contributed by atoms with van der Waals surface area (Å²) in [5.74, 6) is 0.814. The van der Waals surface area contributed by atoms with Crippen LogP contribution in [-0.2, 0) is 6.54 Å². The number of benzene rings is 1. The Balaban J connectivity index is 1.39. The Morgan fingerprint density at radius 3 is 2.12 bits per heavy atom. The minimum atomic E-state index is 0.814. The summed E-state index contributed by atoms with van der Waals surface area (Å²) in [5.41, 5.74) is 3.60. The van der Waals surface area contributed by atoms with Gasteiger partial charge in [-0.2, -0.15) is 0 Å². The zero-order valence-electron chi connectivity index (χ0n) is 15.1. The van der Waals surface area contributed by atoms with E-state index < -0.39 is 0 Å². The fraction of sp³-hybridized carbons (Fsp3) is 0.500. The fourth-order valence-electron chi connectivity index (χ4n) is 3.63. The van der Waals surface area contributed by atoms with Crippen LogP contribution in [0.15, 0.2) is 36.7 Å². The summed E-state index contributed by atoms with van der Waals surface area (Å²) >= 11 is 0. The normalized spacial score (nSPS) is 19.5. The average Bonchev–Trinajstić information content (AvgIpc) is 3.19. The highest BCUT2D eigenvalue weighted by molar-refractivity contribution is 5.57. The minimum Gasteiger partial charge on any atom is -0.369 e. The third-order valence-corrected chi connectivity index (χ3v) is 5.32. The Morgan fingerprint density at radius 2 is 1.48 bits per heavy atom. The van der Waals surface area contributed by atoms with E-state index in [2.05, 4.69) is 56.0 Å². The SMILES string of the molecule is CN1CCN(Cc2ccc(-c3ncc(N4CCCC4)cn3)cc2)CC1. The Labute approximate surface area is 150 Å². The predicted octanol–water partition coefficient (Wildman–Crippen LogP) is 2.49. The lowest BCUT2D eigenvalue weighted by atomic mass is 10.1. The third-order valence-electron chi connectivity index (χ3n) is 5.32. The number of anilines is 1. The maximum Gasteiger partial charge on any atom is 0.159 e. The minimum absolute atomic E-state index is 0.814. The van der Waals surface area contributed by atoms with Gasteiger partial charge in [0, 0.05) is 51.4 Å². The first-order valence-electron chi connectivity index (χ1n) is 9.35. The van der Waals surface area contributed by atoms with Gasteiger partial charge in [0.1, 0.15) is 0 Å². The largest absolute Gasteiger partial charge is 0.369 e. The van der Waals surface area contributed by atoms with Crippen molar-refractivity contribution in [1.82, 2.24) is 19.8 Å². The first kappa shape index (κ1) is 16.5. The van der Waals surface area contributed by atoms with E-state index in [9.17, 15) is 0 Å². The number of hydrogen-bond acceptors (Lipinski definition) is 5. The number of rotatable bonds is 4. The molecule has 25 heavy (non-hydrogen) atoms. The topological polar surface area (TPSA) is 35.5 Å². The Kier molecular flexibility index (Phi) is 4.95. The van der Waals surface area contributed by atoms with Gasteiger partial charge in [-0.25, -0.2) is 9.97 Å². The Bertz CT molecular complexity index is 668. The van der Waals surface area contributed by atoms with E-state index in [1.54, 1.807) is 0 Å². The van der Waals surface area contributed by atoms with Crippen LogP contribution in [-0.4, -0.2) is 66.1 Å². The molecule has 2 aliphatic heterocycles. The third kappa shape index (κ3) is 3.99. The molecule has 5 nitrogen and oxygen atoms in total. The highest BCUT2D eigenvalue weighted by Crippen LogP contribution is 2.21. The van der Waals surface area contributed by atoms with Gasteiger partial charge in [-0.1, -0.05) is 24.3 Å². The molecule has 1 aromatic carbocycles. The van der Waals surface area contributed by atoms with Crippen molar-refractivity contribution in [3.8, 4) is 11.4 Å². The lowest BCUT2D eigenvalue weighted by Crippen LogP contribution is -2.43. The van der Waals surface area contributed by atoms with Gasteiger partial charge in [0.25, 0.3) is 0 Å². The standard InChI is InChI=1S/C20H27N5/c1-23-10-12-24(13-11-23)16-17-4-6-18(7-5-17)20-21-14-19(15-22-20)25-8-2-3-9-25/h4-7,14-15H,2-3,8-13,16H2,1H3. The van der Waals surface area contributed by atoms with Crippen LogP contribution in [0.5, 0.6) is 0 Å². The molecule has 1 aromatic heterocycles. The summed E-state index contributed by atoms with van der Waals surface area (Å²) in [6.45, 7) is 7.92. The lowest BCUT2D eigenvalue weighted by molar-refractivity contribution is 0.148. The molecule has 4 rings (SSSR count). The predicted molar refractivity (Wildman–Crippen MR) is 102 cm³/mol. The summed E-state index contributed by atoms with van der Waals surface area (Å²) in [5, 5.41) is 0. The second kappa shape index (κ2) is 7.50. The van der Waals surface area contributed by atoms with Crippen molar-refractivity contribution in [2.24, 2.45) is 0 Å². The van der Waals surface area contributed by atoms with Crippen LogP contribution in [0.2, 0.25) is 0 Å². The number of likely N-dealkylation sites (N-methyl/N-ethyl adjacent to an activating group) is 1. The van der Waals surface area contributed by atoms with Crippen LogP contribution in [0.3, 0.4) is 0 Å². The van der Waals surface area contributed by atoms with Crippen molar-refractivity contribution >= 4 is 5.69 Å². The molecule has 0 unspecified atom stereocenters. The van der Waals surface area contributed by atoms with E-state index in [-0.39, 0.29) is 0 Å². The molecule has 0 radical (unpaired) electrons. The molecule has 0 aliphatic carbocycles. The van der Waals surface area contributed by atoms with Crippen LogP contribution in [0.25, 0.3) is 11.4 Å². The van der Waals surface area contributed by atoms with Gasteiger partial charge in [0.05, 0.1) is 18.1 Å². The molecular weight excluding hydrogens is 310 g/mol. The van der Waals surface area contributed by atoms with Gasteiger partial charge in [0.15, 0.2) is 5.82 Å². The van der Waals surface area contributed by atoms with Crippen molar-refractivity contribution in [1.29, 1.82) is 0 Å². The van der Waals surface area contributed by atoms with E-state index in [0.29, 0.717) is 0 Å². The summed E-state index contributed by atoms with van der Waals surface area (Å²) in [4.78, 5) is 16.4. The number of piperazine rings is 1. The molecule has 0 N–H and O–H groups in total. The second-order valence-electron chi connectivity index (χ2n) is 7.24. The Hall–Kier alpha value is -1.98. The van der Waals surface area contributed by atoms with Gasteiger partial charge in [-0.05, 0) is 25.5 Å². The van der Waals surface area contributed by atoms with Crippen LogP contribution in [0, 0.1) is 0 Å². The summed E-state index contributed by atoms with van der Waals surface area (Å²) < 4.78 is 0. The summed E-state index contributed by atoms with van der Waals surface area (Å²) in [7, 11) is 2.20. The van der Waals surface area contributed by atoms with Crippen molar-refractivity contribution in [3.63, 3.8) is 0 Å². The first-order chi connectivity index (χ1) is 12.3. The van der Waals surface area contributed by atoms with E-state index in [4.69, 9.17) is 0 Å². The van der Waals surface area contributed by atoms with Crippen molar-refractivity contribution in [2.75, 3.05) is 51.2 Å². The maximum atomic E-state index is 4.58. The number of nitrogens with zero attached hydrogens (tertiary/aromatic N) is 5. The summed E-state index contributed by atoms with van der Waals surface area (Å²) in [6, 6.07) is 8.73. The number of aromatic nitrogens is 2. The first-order valence-corrected chi connectivity index (χ1v) is 9.35. The molecule has 3 heterocycles. The highest BCUT2D eigenvalue weighted by atomic mass is 15.2. The van der Waals surface area contributed by atoms with E-state index >= 15 is 0 Å². The van der Waals surface area contributed by atoms with Crippen LogP contribution in [0.1, 0.15) is 18.4 Å². The summed E-state index contributed by atoms with van der Waals surface area (Å²) in [6.07, 6.45) is 6.48. The van der Waals surface area contributed by atoms with Gasteiger partial charge >= 0.3 is 0 Å². The van der Waals surface area contributed by atoms with Crippen LogP contribution in [0.4, 0.5) is 5.69 Å². The van der Waals surface area contributed by atoms with Gasteiger partial charge in [0.2, 0.25) is 0 Å². The molecule has 0 saturated carbocycles. The second-order valence-corrected chi connectivity index (χ2v) is 7.24. The van der Waals surface area contributed by atoms with Gasteiger partial charge in [-0.3, -0.25) is 4.90 Å². The molecule has 5 heteroatoms. The van der Waals surface area contributed by atoms with Crippen molar-refractivity contribution in [2.45, 2.75) is 19.4 Å². The lowest BCUT2D eigenvalue weighted by Gasteiger charge is -2.32. The molecule has 2 saturated heterocycles. The van der Waals surface area contributed by atoms with Crippen molar-refractivity contribution in [3.05, 3.63) is 42.2 Å². The molecular formula is C20H27N5. The molecule has 0 amide bonds. The molecule has 132 valence electrons. The van der Waals surface area contributed by atoms with Gasteiger partial charge < -0.3 is 9.80 Å². The average molecular weight is 337 g/mol. The zero-order chi connectivity index (χ0) is 17.1. The number of hydrogen-bond donors (Lipinski definition) is 0. The zero-order valence-corrected chi connectivity index (χ0v) is 15.1. The van der Waals surface area contributed by atoms with E-state index in [1.165, 1.54) is 18.4 Å². The monoisotopic (exact) mass is 337 g/mol. The van der Waals surface area contributed by atoms with Crippen LogP contribution < -0.4 is 4.90 Å². The van der Waals surface area contributed by atoms with E-state index in [0.717, 1.165) is 62.9 Å². The Morgan fingerprint density at radius 1 is 0.840 bits per heavy atom. The molecule has 0 spiro atoms. The quantitative estimate of drug-likeness (QED) is 0.856. The molecule has 2 aliphatic rings. The van der Waals surface area contributed by atoms with Gasteiger partial charge in [-0.15, -0.1) is 0 Å². The molecule has 0 bridgehead atoms. The highest BCUT2D eigenvalue weighted by Gasteiger charge is 2.15. The smallest absolute Gasteiger partial charge is 0.159 e.